The molecule has 0 heterocycles. The number of hydrogen-bond acceptors (Lipinski definition) is 1. The highest BCUT2D eigenvalue weighted by Crippen LogP contribution is 2.46. The van der Waals surface area contributed by atoms with Gasteiger partial charge in [0.05, 0.1) is 5.60 Å². The smallest absolute Gasteiger partial charge is 0.253 e. The second kappa shape index (κ2) is 1.66. The lowest BCUT2D eigenvalue weighted by molar-refractivity contribution is -0.208. The Morgan fingerprint density at radius 2 is 1.78 bits per heavy atom. The normalized spacial score (nSPS) is 29.3. The molecule has 1 aliphatic rings. The highest BCUT2D eigenvalue weighted by Gasteiger charge is 2.54. The molecule has 0 saturated heterocycles. The Labute approximate surface area is 53.0 Å². The van der Waals surface area contributed by atoms with Crippen LogP contribution in [0.4, 0.5) is 8.78 Å². The predicted octanol–water partition coefficient (Wildman–Crippen LogP) is 1.82. The van der Waals surface area contributed by atoms with E-state index in [9.17, 15) is 8.78 Å². The molecule has 0 aromatic heterocycles. The van der Waals surface area contributed by atoms with E-state index in [2.05, 4.69) is 0 Å². The molecule has 0 atom stereocenters. The van der Waals surface area contributed by atoms with Gasteiger partial charge in [0.25, 0.3) is 5.92 Å². The van der Waals surface area contributed by atoms with Gasteiger partial charge >= 0.3 is 0 Å². The fourth-order valence-electron chi connectivity index (χ4n) is 1.19. The number of rotatable bonds is 1. The third-order valence-electron chi connectivity index (χ3n) is 1.76. The van der Waals surface area contributed by atoms with Crippen LogP contribution in [0.3, 0.4) is 0 Å². The molecular formula is C6H10F2O. The molecule has 1 nitrogen and oxygen atoms in total. The average Bonchev–Trinajstić information content (AvgIpc) is 1.61. The van der Waals surface area contributed by atoms with Gasteiger partial charge in [0, 0.05) is 20.0 Å². The van der Waals surface area contributed by atoms with E-state index in [1.807, 2.05) is 0 Å². The zero-order valence-corrected chi connectivity index (χ0v) is 5.58. The summed E-state index contributed by atoms with van der Waals surface area (Å²) in [6.07, 6.45) is -0.257. The lowest BCUT2D eigenvalue weighted by atomic mass is 9.78. The van der Waals surface area contributed by atoms with Crippen molar-refractivity contribution in [3.8, 4) is 0 Å². The number of halogens is 2. The molecule has 54 valence electrons. The van der Waals surface area contributed by atoms with E-state index in [0.29, 0.717) is 0 Å². The molecule has 0 spiro atoms. The second-order valence-corrected chi connectivity index (χ2v) is 2.86. The van der Waals surface area contributed by atoms with E-state index >= 15 is 0 Å². The molecule has 0 radical (unpaired) electrons. The monoisotopic (exact) mass is 136 g/mol. The van der Waals surface area contributed by atoms with Crippen LogP contribution < -0.4 is 0 Å². The molecule has 9 heavy (non-hydrogen) atoms. The van der Waals surface area contributed by atoms with Crippen LogP contribution in [0.15, 0.2) is 0 Å². The van der Waals surface area contributed by atoms with E-state index in [1.165, 1.54) is 7.11 Å². The first-order valence-electron chi connectivity index (χ1n) is 2.90. The summed E-state index contributed by atoms with van der Waals surface area (Å²) in [6.45, 7) is 1.70. The molecule has 1 aliphatic carbocycles. The molecular weight excluding hydrogens is 126 g/mol. The van der Waals surface area contributed by atoms with Crippen LogP contribution in [0.2, 0.25) is 0 Å². The fourth-order valence-corrected chi connectivity index (χ4v) is 1.19. The van der Waals surface area contributed by atoms with Crippen LogP contribution in [0.5, 0.6) is 0 Å². The molecule has 0 amide bonds. The van der Waals surface area contributed by atoms with Gasteiger partial charge in [-0.1, -0.05) is 0 Å². The number of ether oxygens (including phenoxy) is 1. The molecule has 0 aliphatic heterocycles. The molecule has 0 unspecified atom stereocenters. The van der Waals surface area contributed by atoms with Crippen molar-refractivity contribution in [1.29, 1.82) is 0 Å². The largest absolute Gasteiger partial charge is 0.378 e. The van der Waals surface area contributed by atoms with E-state index in [1.54, 1.807) is 6.92 Å². The van der Waals surface area contributed by atoms with Gasteiger partial charge in [-0.05, 0) is 6.92 Å². The van der Waals surface area contributed by atoms with Crippen molar-refractivity contribution < 1.29 is 13.5 Å². The Morgan fingerprint density at radius 3 is 1.89 bits per heavy atom. The lowest BCUT2D eigenvalue weighted by Crippen LogP contribution is -2.50. The van der Waals surface area contributed by atoms with Crippen LogP contribution in [0.25, 0.3) is 0 Å². The van der Waals surface area contributed by atoms with Crippen molar-refractivity contribution in [3.05, 3.63) is 0 Å². The number of methoxy groups -OCH3 is 1. The Balaban J connectivity index is 2.41. The van der Waals surface area contributed by atoms with Gasteiger partial charge in [0.1, 0.15) is 0 Å². The van der Waals surface area contributed by atoms with E-state index < -0.39 is 11.5 Å². The maximum absolute atomic E-state index is 12.1. The molecule has 0 bridgehead atoms. The van der Waals surface area contributed by atoms with Crippen LogP contribution in [-0.2, 0) is 4.74 Å². The molecule has 1 rings (SSSR count). The average molecular weight is 136 g/mol. The topological polar surface area (TPSA) is 9.23 Å². The van der Waals surface area contributed by atoms with E-state index in [0.717, 1.165) is 0 Å². The highest BCUT2D eigenvalue weighted by atomic mass is 19.3. The predicted molar refractivity (Wildman–Crippen MR) is 29.6 cm³/mol. The third-order valence-corrected chi connectivity index (χ3v) is 1.76. The first kappa shape index (κ1) is 6.93. The SMILES string of the molecule is COC1(C)CC(F)(F)C1. The molecule has 0 aromatic carbocycles. The quantitative estimate of drug-likeness (QED) is 0.534. The Hall–Kier alpha value is -0.180. The van der Waals surface area contributed by atoms with Gasteiger partial charge in [0.15, 0.2) is 0 Å². The van der Waals surface area contributed by atoms with Crippen molar-refractivity contribution in [1.82, 2.24) is 0 Å². The Kier molecular flexibility index (Phi) is 1.28. The van der Waals surface area contributed by atoms with Gasteiger partial charge in [0.2, 0.25) is 0 Å². The van der Waals surface area contributed by atoms with Crippen LogP contribution in [-0.4, -0.2) is 18.6 Å². The first-order chi connectivity index (χ1) is 3.97. The van der Waals surface area contributed by atoms with Gasteiger partial charge in [-0.3, -0.25) is 0 Å². The summed E-state index contributed by atoms with van der Waals surface area (Å²) in [7, 11) is 1.47. The summed E-state index contributed by atoms with van der Waals surface area (Å²) < 4.78 is 29.1. The van der Waals surface area contributed by atoms with Crippen LogP contribution in [0, 0.1) is 0 Å². The second-order valence-electron chi connectivity index (χ2n) is 2.86. The maximum atomic E-state index is 12.1. The van der Waals surface area contributed by atoms with Crippen molar-refractivity contribution in [2.45, 2.75) is 31.3 Å². The zero-order valence-electron chi connectivity index (χ0n) is 5.58. The lowest BCUT2D eigenvalue weighted by Gasteiger charge is -2.43. The van der Waals surface area contributed by atoms with Gasteiger partial charge in [-0.25, -0.2) is 8.78 Å². The summed E-state index contributed by atoms with van der Waals surface area (Å²) in [5, 5.41) is 0. The minimum Gasteiger partial charge on any atom is -0.378 e. The van der Waals surface area contributed by atoms with E-state index in [-0.39, 0.29) is 12.8 Å². The van der Waals surface area contributed by atoms with Gasteiger partial charge in [-0.15, -0.1) is 0 Å². The highest BCUT2D eigenvalue weighted by molar-refractivity contribution is 4.97. The summed E-state index contributed by atoms with van der Waals surface area (Å²) in [6, 6.07) is 0. The number of alkyl halides is 2. The molecule has 3 heteroatoms. The maximum Gasteiger partial charge on any atom is 0.253 e. The summed E-state index contributed by atoms with van der Waals surface area (Å²) in [5.74, 6) is -2.47. The molecule has 0 aromatic rings. The summed E-state index contributed by atoms with van der Waals surface area (Å²) in [4.78, 5) is 0. The molecule has 1 fully saturated rings. The van der Waals surface area contributed by atoms with Crippen molar-refractivity contribution >= 4 is 0 Å². The minimum absolute atomic E-state index is 0.128. The Bertz CT molecular complexity index is 114. The van der Waals surface area contributed by atoms with Crippen molar-refractivity contribution in [2.75, 3.05) is 7.11 Å². The zero-order chi connectivity index (χ0) is 7.12. The van der Waals surface area contributed by atoms with Gasteiger partial charge in [-0.2, -0.15) is 0 Å². The summed E-state index contributed by atoms with van der Waals surface area (Å²) >= 11 is 0. The minimum atomic E-state index is -2.47. The first-order valence-corrected chi connectivity index (χ1v) is 2.90. The number of hydrogen-bond donors (Lipinski definition) is 0. The third kappa shape index (κ3) is 1.21. The fraction of sp³-hybridized carbons (Fsp3) is 1.00. The van der Waals surface area contributed by atoms with Crippen LogP contribution in [0.1, 0.15) is 19.8 Å². The van der Waals surface area contributed by atoms with Gasteiger partial charge < -0.3 is 4.74 Å². The summed E-state index contributed by atoms with van der Waals surface area (Å²) in [5.41, 5.74) is -0.552. The molecule has 1 saturated carbocycles. The molecule has 0 N–H and O–H groups in total. The van der Waals surface area contributed by atoms with E-state index in [4.69, 9.17) is 4.74 Å². The van der Waals surface area contributed by atoms with Crippen molar-refractivity contribution in [2.24, 2.45) is 0 Å². The standard InChI is InChI=1S/C6H10F2O/c1-5(9-2)3-6(7,8)4-5/h3-4H2,1-2H3. The van der Waals surface area contributed by atoms with Crippen LogP contribution >= 0.6 is 0 Å². The Morgan fingerprint density at radius 1 is 1.33 bits per heavy atom. The van der Waals surface area contributed by atoms with Crippen molar-refractivity contribution in [3.63, 3.8) is 0 Å².